The second-order valence-electron chi connectivity index (χ2n) is 3.56. The van der Waals surface area contributed by atoms with Gasteiger partial charge in [0.15, 0.2) is 0 Å². The molecule has 1 atom stereocenters. The third kappa shape index (κ3) is 3.30. The summed E-state index contributed by atoms with van der Waals surface area (Å²) in [5, 5.41) is 2.25. The van der Waals surface area contributed by atoms with Crippen molar-refractivity contribution in [2.75, 3.05) is 5.32 Å². The van der Waals surface area contributed by atoms with Gasteiger partial charge >= 0.3 is 0 Å². The highest BCUT2D eigenvalue weighted by molar-refractivity contribution is 5.98. The van der Waals surface area contributed by atoms with Gasteiger partial charge in [0.25, 0.3) is 0 Å². The summed E-state index contributed by atoms with van der Waals surface area (Å²) in [6, 6.07) is 2.45. The van der Waals surface area contributed by atoms with Crippen LogP contribution < -0.4 is 16.8 Å². The molecule has 0 heterocycles. The number of anilines is 1. The van der Waals surface area contributed by atoms with Gasteiger partial charge in [-0.15, -0.1) is 12.3 Å². The zero-order valence-electron chi connectivity index (χ0n) is 9.44. The van der Waals surface area contributed by atoms with Gasteiger partial charge in [0, 0.05) is 12.0 Å². The molecule has 1 aromatic rings. The molecular weight excluding hydrogens is 237 g/mol. The van der Waals surface area contributed by atoms with Crippen LogP contribution in [-0.2, 0) is 4.79 Å². The van der Waals surface area contributed by atoms with Gasteiger partial charge in [-0.05, 0) is 18.2 Å². The van der Waals surface area contributed by atoms with Crippen LogP contribution in [0.2, 0.25) is 0 Å². The standard InChI is InChI=1S/C12H12FN3O2/c1-2-3-9(14)12(18)16-10-6-7(11(15)17)4-5-8(10)13/h1,4-6,9H,3,14H2,(H2,15,17)(H,16,18). The Morgan fingerprint density at radius 1 is 1.50 bits per heavy atom. The van der Waals surface area contributed by atoms with E-state index in [0.717, 1.165) is 12.1 Å². The van der Waals surface area contributed by atoms with Crippen molar-refractivity contribution in [3.63, 3.8) is 0 Å². The number of benzene rings is 1. The summed E-state index contributed by atoms with van der Waals surface area (Å²) < 4.78 is 13.4. The van der Waals surface area contributed by atoms with E-state index < -0.39 is 23.7 Å². The highest BCUT2D eigenvalue weighted by Crippen LogP contribution is 2.16. The molecule has 5 nitrogen and oxygen atoms in total. The Morgan fingerprint density at radius 2 is 2.17 bits per heavy atom. The maximum Gasteiger partial charge on any atom is 0.248 e. The number of hydrogen-bond donors (Lipinski definition) is 3. The minimum absolute atomic E-state index is 0.0307. The minimum Gasteiger partial charge on any atom is -0.366 e. The molecule has 0 aliphatic carbocycles. The Morgan fingerprint density at radius 3 is 2.72 bits per heavy atom. The lowest BCUT2D eigenvalue weighted by molar-refractivity contribution is -0.117. The normalized spacial score (nSPS) is 11.4. The number of primary amides is 1. The maximum absolute atomic E-state index is 13.4. The van der Waals surface area contributed by atoms with E-state index in [2.05, 4.69) is 11.2 Å². The lowest BCUT2D eigenvalue weighted by Crippen LogP contribution is -2.35. The molecule has 1 rings (SSSR count). The summed E-state index contributed by atoms with van der Waals surface area (Å²) in [4.78, 5) is 22.4. The van der Waals surface area contributed by atoms with Crippen LogP contribution in [-0.4, -0.2) is 17.9 Å². The average Bonchev–Trinajstić information content (AvgIpc) is 2.31. The molecule has 0 bridgehead atoms. The number of rotatable bonds is 4. The van der Waals surface area contributed by atoms with E-state index in [1.54, 1.807) is 0 Å². The predicted octanol–water partition coefficient (Wildman–Crippen LogP) is 0.214. The van der Waals surface area contributed by atoms with Crippen LogP contribution in [0.5, 0.6) is 0 Å². The first-order chi connectivity index (χ1) is 8.45. The first kappa shape index (κ1) is 13.7. The first-order valence-corrected chi connectivity index (χ1v) is 5.05. The van der Waals surface area contributed by atoms with Crippen LogP contribution in [0.25, 0.3) is 0 Å². The number of carbonyl (C=O) groups excluding carboxylic acids is 2. The Balaban J connectivity index is 2.90. The van der Waals surface area contributed by atoms with Crippen molar-refractivity contribution in [1.82, 2.24) is 0 Å². The van der Waals surface area contributed by atoms with Crippen LogP contribution >= 0.6 is 0 Å². The summed E-state index contributed by atoms with van der Waals surface area (Å²) in [5.41, 5.74) is 10.4. The van der Waals surface area contributed by atoms with Gasteiger partial charge < -0.3 is 16.8 Å². The molecule has 5 N–H and O–H groups in total. The van der Waals surface area contributed by atoms with E-state index in [1.807, 2.05) is 0 Å². The molecule has 0 saturated heterocycles. The van der Waals surface area contributed by atoms with Gasteiger partial charge in [-0.25, -0.2) is 4.39 Å². The fourth-order valence-electron chi connectivity index (χ4n) is 1.22. The van der Waals surface area contributed by atoms with Gasteiger partial charge in [-0.2, -0.15) is 0 Å². The molecule has 1 aromatic carbocycles. The first-order valence-electron chi connectivity index (χ1n) is 5.05. The van der Waals surface area contributed by atoms with E-state index in [-0.39, 0.29) is 17.7 Å². The van der Waals surface area contributed by atoms with Crippen LogP contribution in [0.1, 0.15) is 16.8 Å². The Bertz CT molecular complexity index is 523. The summed E-state index contributed by atoms with van der Waals surface area (Å²) in [6.45, 7) is 0. The maximum atomic E-state index is 13.4. The van der Waals surface area contributed by atoms with Crippen LogP contribution in [0.4, 0.5) is 10.1 Å². The molecule has 18 heavy (non-hydrogen) atoms. The number of nitrogens with one attached hydrogen (secondary N) is 1. The molecule has 0 fully saturated rings. The van der Waals surface area contributed by atoms with Gasteiger partial charge in [0.2, 0.25) is 11.8 Å². The Hall–Kier alpha value is -2.39. The second kappa shape index (κ2) is 5.80. The van der Waals surface area contributed by atoms with E-state index in [4.69, 9.17) is 17.9 Å². The third-order valence-electron chi connectivity index (χ3n) is 2.18. The zero-order chi connectivity index (χ0) is 13.7. The number of halogens is 1. The Kier molecular flexibility index (Phi) is 4.40. The Labute approximate surface area is 103 Å². The average molecular weight is 249 g/mol. The van der Waals surface area contributed by atoms with E-state index >= 15 is 0 Å². The molecule has 0 aliphatic rings. The second-order valence-corrected chi connectivity index (χ2v) is 3.56. The molecule has 0 aromatic heterocycles. The number of nitrogens with two attached hydrogens (primary N) is 2. The molecule has 94 valence electrons. The third-order valence-corrected chi connectivity index (χ3v) is 2.18. The summed E-state index contributed by atoms with van der Waals surface area (Å²) in [5.74, 6) is 0.177. The van der Waals surface area contributed by atoms with Crippen LogP contribution in [0, 0.1) is 18.2 Å². The lowest BCUT2D eigenvalue weighted by atomic mass is 10.1. The smallest absolute Gasteiger partial charge is 0.248 e. The van der Waals surface area contributed by atoms with Crippen molar-refractivity contribution in [2.45, 2.75) is 12.5 Å². The zero-order valence-corrected chi connectivity index (χ0v) is 9.44. The quantitative estimate of drug-likeness (QED) is 0.665. The minimum atomic E-state index is -0.938. The highest BCUT2D eigenvalue weighted by Gasteiger charge is 2.15. The lowest BCUT2D eigenvalue weighted by Gasteiger charge is -2.11. The van der Waals surface area contributed by atoms with Crippen molar-refractivity contribution in [2.24, 2.45) is 11.5 Å². The number of terminal acetylenes is 1. The molecule has 0 aliphatic heterocycles. The predicted molar refractivity (Wildman–Crippen MR) is 65.0 cm³/mol. The van der Waals surface area contributed by atoms with Crippen molar-refractivity contribution >= 4 is 17.5 Å². The number of carbonyl (C=O) groups is 2. The molecule has 2 amide bonds. The molecular formula is C12H12FN3O2. The molecule has 0 saturated carbocycles. The molecule has 0 radical (unpaired) electrons. The van der Waals surface area contributed by atoms with E-state index in [1.165, 1.54) is 6.07 Å². The summed E-state index contributed by atoms with van der Waals surface area (Å²) in [6.07, 6.45) is 5.04. The van der Waals surface area contributed by atoms with Crippen molar-refractivity contribution in [3.8, 4) is 12.3 Å². The van der Waals surface area contributed by atoms with Crippen LogP contribution in [0.15, 0.2) is 18.2 Å². The van der Waals surface area contributed by atoms with Crippen molar-refractivity contribution in [3.05, 3.63) is 29.6 Å². The topological polar surface area (TPSA) is 98.2 Å². The highest BCUT2D eigenvalue weighted by atomic mass is 19.1. The molecule has 6 heteroatoms. The van der Waals surface area contributed by atoms with Crippen LogP contribution in [0.3, 0.4) is 0 Å². The van der Waals surface area contributed by atoms with Crippen molar-refractivity contribution < 1.29 is 14.0 Å². The summed E-state index contributed by atoms with van der Waals surface area (Å²) >= 11 is 0. The van der Waals surface area contributed by atoms with E-state index in [0.29, 0.717) is 0 Å². The summed E-state index contributed by atoms with van der Waals surface area (Å²) in [7, 11) is 0. The monoisotopic (exact) mass is 249 g/mol. The number of hydrogen-bond acceptors (Lipinski definition) is 3. The SMILES string of the molecule is C#CCC(N)C(=O)Nc1cc(C(N)=O)ccc1F. The largest absolute Gasteiger partial charge is 0.366 e. The number of amides is 2. The van der Waals surface area contributed by atoms with Crippen molar-refractivity contribution in [1.29, 1.82) is 0 Å². The van der Waals surface area contributed by atoms with Gasteiger partial charge in [-0.3, -0.25) is 9.59 Å². The molecule has 0 spiro atoms. The fraction of sp³-hybridized carbons (Fsp3) is 0.167. The van der Waals surface area contributed by atoms with Gasteiger partial charge in [-0.1, -0.05) is 0 Å². The van der Waals surface area contributed by atoms with Gasteiger partial charge in [0.05, 0.1) is 11.7 Å². The molecule has 1 unspecified atom stereocenters. The van der Waals surface area contributed by atoms with Gasteiger partial charge in [0.1, 0.15) is 5.82 Å². The fourth-order valence-corrected chi connectivity index (χ4v) is 1.22. The van der Waals surface area contributed by atoms with E-state index in [9.17, 15) is 14.0 Å².